The van der Waals surface area contributed by atoms with Crippen LogP contribution in [-0.4, -0.2) is 25.2 Å². The van der Waals surface area contributed by atoms with Crippen molar-refractivity contribution in [3.63, 3.8) is 0 Å². The third-order valence-corrected chi connectivity index (χ3v) is 7.58. The van der Waals surface area contributed by atoms with Gasteiger partial charge in [-0.25, -0.2) is 0 Å². The minimum atomic E-state index is -0.429. The molecule has 5 heteroatoms. The first-order valence-electron chi connectivity index (χ1n) is 11.0. The number of benzene rings is 2. The van der Waals surface area contributed by atoms with Gasteiger partial charge < -0.3 is 9.64 Å². The van der Waals surface area contributed by atoms with Crippen molar-refractivity contribution in [2.45, 2.75) is 70.1 Å². The molecule has 1 saturated heterocycles. The summed E-state index contributed by atoms with van der Waals surface area (Å²) < 4.78 is 5.66. The molecule has 0 saturated carbocycles. The molecule has 168 valence electrons. The van der Waals surface area contributed by atoms with Crippen molar-refractivity contribution in [3.05, 3.63) is 58.6 Å². The highest BCUT2D eigenvalue weighted by Gasteiger charge is 2.37. The van der Waals surface area contributed by atoms with E-state index in [0.29, 0.717) is 0 Å². The number of halogens is 1. The minimum Gasteiger partial charge on any atom is -0.381 e. The number of aryl methyl sites for hydroxylation is 1. The Morgan fingerprint density at radius 2 is 1.71 bits per heavy atom. The van der Waals surface area contributed by atoms with Gasteiger partial charge in [0.1, 0.15) is 0 Å². The minimum absolute atomic E-state index is 0.0495. The Labute approximate surface area is 196 Å². The Bertz CT molecular complexity index is 912. The van der Waals surface area contributed by atoms with E-state index in [9.17, 15) is 4.79 Å². The number of thioether (sulfide) groups is 1. The summed E-state index contributed by atoms with van der Waals surface area (Å²) in [5.74, 6) is 0.148. The van der Waals surface area contributed by atoms with Gasteiger partial charge in [-0.1, -0.05) is 44.5 Å². The van der Waals surface area contributed by atoms with Crippen molar-refractivity contribution in [2.24, 2.45) is 5.41 Å². The first-order chi connectivity index (χ1) is 14.5. The summed E-state index contributed by atoms with van der Waals surface area (Å²) in [5, 5.41) is 0.753. The average molecular weight is 460 g/mol. The maximum atomic E-state index is 13.2. The van der Waals surface area contributed by atoms with Gasteiger partial charge in [-0.2, -0.15) is 0 Å². The van der Waals surface area contributed by atoms with Crippen molar-refractivity contribution in [1.29, 1.82) is 0 Å². The van der Waals surface area contributed by atoms with Gasteiger partial charge >= 0.3 is 0 Å². The van der Waals surface area contributed by atoms with Gasteiger partial charge in [0.15, 0.2) is 0 Å². The van der Waals surface area contributed by atoms with E-state index in [0.717, 1.165) is 42.3 Å². The van der Waals surface area contributed by atoms with Gasteiger partial charge in [0.2, 0.25) is 5.91 Å². The normalized spacial score (nSPS) is 16.4. The molecule has 0 aliphatic carbocycles. The number of anilines is 1. The topological polar surface area (TPSA) is 29.5 Å². The van der Waals surface area contributed by atoms with Gasteiger partial charge in [0.25, 0.3) is 0 Å². The summed E-state index contributed by atoms with van der Waals surface area (Å²) >= 11 is 7.99. The van der Waals surface area contributed by atoms with Crippen LogP contribution in [0.25, 0.3) is 0 Å². The number of rotatable bonds is 5. The van der Waals surface area contributed by atoms with E-state index in [-0.39, 0.29) is 16.7 Å². The second-order valence-corrected chi connectivity index (χ2v) is 11.6. The molecule has 0 bridgehead atoms. The quantitative estimate of drug-likeness (QED) is 0.472. The highest BCUT2D eigenvalue weighted by atomic mass is 35.5. The zero-order valence-corrected chi connectivity index (χ0v) is 21.1. The fraction of sp³-hybridized carbons (Fsp3) is 0.500. The number of amides is 1. The highest BCUT2D eigenvalue weighted by molar-refractivity contribution is 8.00. The van der Waals surface area contributed by atoms with Gasteiger partial charge in [-0.15, -0.1) is 11.8 Å². The molecule has 0 radical (unpaired) electrons. The van der Waals surface area contributed by atoms with Crippen LogP contribution in [0, 0.1) is 12.3 Å². The number of nitrogens with zero attached hydrogens (tertiary/aromatic N) is 1. The van der Waals surface area contributed by atoms with Crippen LogP contribution in [0.4, 0.5) is 5.69 Å². The molecule has 0 atom stereocenters. The van der Waals surface area contributed by atoms with E-state index < -0.39 is 5.41 Å². The number of ether oxygens (including phenoxy) is 1. The van der Waals surface area contributed by atoms with Crippen molar-refractivity contribution in [3.8, 4) is 0 Å². The summed E-state index contributed by atoms with van der Waals surface area (Å²) in [7, 11) is 0. The second kappa shape index (κ2) is 9.56. The number of carbonyl (C=O) groups excluding carboxylic acids is 1. The molecule has 0 spiro atoms. The van der Waals surface area contributed by atoms with Gasteiger partial charge in [0.05, 0.1) is 0 Å². The van der Waals surface area contributed by atoms with Crippen LogP contribution in [0.2, 0.25) is 5.02 Å². The molecule has 1 amide bonds. The third kappa shape index (κ3) is 5.47. The molecular weight excluding hydrogens is 426 g/mol. The molecule has 31 heavy (non-hydrogen) atoms. The molecule has 0 unspecified atom stereocenters. The molecule has 3 rings (SSSR count). The van der Waals surface area contributed by atoms with E-state index in [4.69, 9.17) is 16.3 Å². The van der Waals surface area contributed by atoms with Gasteiger partial charge in [0, 0.05) is 45.0 Å². The summed E-state index contributed by atoms with van der Waals surface area (Å²) in [6.07, 6.45) is 1.90. The summed E-state index contributed by atoms with van der Waals surface area (Å²) in [4.78, 5) is 16.3. The third-order valence-electron chi connectivity index (χ3n) is 5.79. The molecule has 0 aromatic heterocycles. The molecule has 1 aliphatic heterocycles. The van der Waals surface area contributed by atoms with Crippen molar-refractivity contribution >= 4 is 35.0 Å². The summed E-state index contributed by atoms with van der Waals surface area (Å²) in [6, 6.07) is 14.8. The lowest BCUT2D eigenvalue weighted by molar-refractivity contribution is -0.126. The van der Waals surface area contributed by atoms with Crippen molar-refractivity contribution in [2.75, 3.05) is 18.1 Å². The largest absolute Gasteiger partial charge is 0.381 e. The molecular formula is C26H34ClNO2S. The number of hydrogen-bond acceptors (Lipinski definition) is 3. The molecule has 0 N–H and O–H groups in total. The van der Waals surface area contributed by atoms with Crippen LogP contribution < -0.4 is 4.90 Å². The fourth-order valence-corrected chi connectivity index (χ4v) is 5.54. The summed E-state index contributed by atoms with van der Waals surface area (Å²) in [6.45, 7) is 13.7. The fourth-order valence-electron chi connectivity index (χ4n) is 4.07. The number of hydrogen-bond donors (Lipinski definition) is 0. The van der Waals surface area contributed by atoms with Crippen molar-refractivity contribution < 1.29 is 9.53 Å². The Hall–Kier alpha value is -1.49. The smallest absolute Gasteiger partial charge is 0.232 e. The van der Waals surface area contributed by atoms with E-state index in [1.54, 1.807) is 0 Å². The molecule has 1 aliphatic rings. The molecule has 1 fully saturated rings. The van der Waals surface area contributed by atoms with E-state index in [2.05, 4.69) is 51.1 Å². The Morgan fingerprint density at radius 1 is 1.10 bits per heavy atom. The van der Waals surface area contributed by atoms with Crippen LogP contribution >= 0.6 is 23.4 Å². The molecule has 2 aromatic rings. The molecule has 1 heterocycles. The zero-order valence-electron chi connectivity index (χ0n) is 19.5. The van der Waals surface area contributed by atoms with Crippen LogP contribution in [0.5, 0.6) is 0 Å². The van der Waals surface area contributed by atoms with Gasteiger partial charge in [-0.3, -0.25) is 4.79 Å². The van der Waals surface area contributed by atoms with Crippen LogP contribution in [-0.2, 0) is 14.3 Å². The van der Waals surface area contributed by atoms with Crippen LogP contribution in [0.15, 0.2) is 47.4 Å². The monoisotopic (exact) mass is 459 g/mol. The predicted octanol–water partition coefficient (Wildman–Crippen LogP) is 7.23. The predicted molar refractivity (Wildman–Crippen MR) is 132 cm³/mol. The first-order valence-corrected chi connectivity index (χ1v) is 12.2. The summed E-state index contributed by atoms with van der Waals surface area (Å²) in [5.41, 5.74) is 2.99. The number of carbonyl (C=O) groups is 1. The maximum Gasteiger partial charge on any atom is 0.232 e. The molecule has 3 nitrogen and oxygen atoms in total. The molecule has 2 aromatic carbocycles. The lowest BCUT2D eigenvalue weighted by Crippen LogP contribution is -2.44. The Kier molecular flexibility index (Phi) is 7.45. The van der Waals surface area contributed by atoms with E-state index in [1.807, 2.05) is 49.6 Å². The van der Waals surface area contributed by atoms with Crippen LogP contribution in [0.3, 0.4) is 0 Å². The highest BCUT2D eigenvalue weighted by Crippen LogP contribution is 2.49. The zero-order chi connectivity index (χ0) is 22.8. The lowest BCUT2D eigenvalue weighted by Gasteiger charge is -2.38. The SMILES string of the molecule is Cc1cc(C2(Sc3ccc(Cl)cc3)CCOCC2)ccc1N(C(=O)C(C)(C)C)C(C)C. The lowest BCUT2D eigenvalue weighted by atomic mass is 9.88. The first kappa shape index (κ1) is 24.2. The Morgan fingerprint density at radius 3 is 2.23 bits per heavy atom. The average Bonchev–Trinajstić information content (AvgIpc) is 2.71. The van der Waals surface area contributed by atoms with E-state index in [1.165, 1.54) is 10.5 Å². The van der Waals surface area contributed by atoms with E-state index >= 15 is 0 Å². The van der Waals surface area contributed by atoms with Crippen LogP contribution in [0.1, 0.15) is 58.6 Å². The standard InChI is InChI=1S/C26H34ClNO2S/c1-18(2)28(24(29)25(4,5)6)23-12-7-20(17-19(23)3)26(13-15-30-16-14-26)31-22-10-8-21(27)9-11-22/h7-12,17-18H,13-16H2,1-6H3. The second-order valence-electron chi connectivity index (χ2n) is 9.68. The Balaban J connectivity index is 1.99. The maximum absolute atomic E-state index is 13.2. The van der Waals surface area contributed by atoms with Gasteiger partial charge in [-0.05, 0) is 75.1 Å². The van der Waals surface area contributed by atoms with Crippen molar-refractivity contribution in [1.82, 2.24) is 0 Å².